The molecule has 1 heterocycles. The summed E-state index contributed by atoms with van der Waals surface area (Å²) in [7, 11) is 0. The number of hydrogen-bond donors (Lipinski definition) is 2. The lowest BCUT2D eigenvalue weighted by atomic mass is 10.1. The van der Waals surface area contributed by atoms with Crippen molar-refractivity contribution in [3.8, 4) is 0 Å². The summed E-state index contributed by atoms with van der Waals surface area (Å²) in [6, 6.07) is 6.27. The molecule has 80 valence electrons. The van der Waals surface area contributed by atoms with Crippen LogP contribution in [-0.4, -0.2) is 10.7 Å². The molecule has 0 aliphatic heterocycles. The van der Waals surface area contributed by atoms with Crippen molar-refractivity contribution in [2.24, 2.45) is 5.73 Å². The molecule has 0 atom stereocenters. The van der Waals surface area contributed by atoms with Gasteiger partial charge in [-0.05, 0) is 22.9 Å². The first-order valence-corrected chi connectivity index (χ1v) is 6.38. The minimum Gasteiger partial charge on any atom is -0.361 e. The Morgan fingerprint density at radius 1 is 1.33 bits per heavy atom. The number of thioether (sulfide) groups is 1. The second-order valence-corrected chi connectivity index (χ2v) is 4.77. The van der Waals surface area contributed by atoms with Crippen LogP contribution in [0.15, 0.2) is 24.4 Å². The molecule has 0 radical (unpaired) electrons. The van der Waals surface area contributed by atoms with Crippen molar-refractivity contribution in [3.63, 3.8) is 0 Å². The van der Waals surface area contributed by atoms with Crippen LogP contribution in [-0.2, 0) is 12.3 Å². The van der Waals surface area contributed by atoms with E-state index < -0.39 is 0 Å². The largest absolute Gasteiger partial charge is 0.361 e. The molecule has 2 rings (SSSR count). The molecule has 0 saturated carbocycles. The third-order valence-electron chi connectivity index (χ3n) is 2.56. The number of nitrogens with two attached hydrogens (primary N) is 1. The zero-order valence-electron chi connectivity index (χ0n) is 8.92. The summed E-state index contributed by atoms with van der Waals surface area (Å²) in [6.07, 6.45) is 2.10. The molecule has 0 unspecified atom stereocenters. The number of aromatic nitrogens is 1. The zero-order chi connectivity index (χ0) is 10.7. The molecular weight excluding hydrogens is 204 g/mol. The number of H-pyrrole nitrogens is 1. The normalized spacial score (nSPS) is 11.1. The fourth-order valence-electron chi connectivity index (χ4n) is 1.83. The molecule has 0 fully saturated rings. The van der Waals surface area contributed by atoms with Crippen LogP contribution < -0.4 is 5.73 Å². The van der Waals surface area contributed by atoms with E-state index in [4.69, 9.17) is 5.73 Å². The van der Waals surface area contributed by atoms with Crippen molar-refractivity contribution in [2.45, 2.75) is 19.2 Å². The first-order valence-electron chi connectivity index (χ1n) is 5.22. The molecule has 1 aromatic carbocycles. The molecule has 2 nitrogen and oxygen atoms in total. The summed E-state index contributed by atoms with van der Waals surface area (Å²) < 4.78 is 0. The third kappa shape index (κ3) is 2.03. The Labute approximate surface area is 94.2 Å². The van der Waals surface area contributed by atoms with E-state index in [1.807, 2.05) is 11.8 Å². The van der Waals surface area contributed by atoms with E-state index >= 15 is 0 Å². The molecule has 1 aromatic heterocycles. The van der Waals surface area contributed by atoms with E-state index in [0.717, 1.165) is 11.5 Å². The predicted octanol–water partition coefficient (Wildman–Crippen LogP) is 2.88. The van der Waals surface area contributed by atoms with Gasteiger partial charge in [0.15, 0.2) is 0 Å². The minimum absolute atomic E-state index is 0.610. The maximum atomic E-state index is 5.75. The van der Waals surface area contributed by atoms with E-state index in [-0.39, 0.29) is 0 Å². The van der Waals surface area contributed by atoms with Gasteiger partial charge in [-0.2, -0.15) is 11.8 Å². The van der Waals surface area contributed by atoms with Crippen LogP contribution in [0, 0.1) is 0 Å². The van der Waals surface area contributed by atoms with Crippen molar-refractivity contribution < 1.29 is 0 Å². The van der Waals surface area contributed by atoms with E-state index in [1.165, 1.54) is 22.0 Å². The number of fused-ring (bicyclic) bond motifs is 1. The highest BCUT2D eigenvalue weighted by atomic mass is 32.2. The summed E-state index contributed by atoms with van der Waals surface area (Å²) in [6.45, 7) is 2.79. The second kappa shape index (κ2) is 4.73. The molecule has 0 amide bonds. The highest BCUT2D eigenvalue weighted by Crippen LogP contribution is 2.25. The molecule has 15 heavy (non-hydrogen) atoms. The van der Waals surface area contributed by atoms with Crippen LogP contribution in [0.4, 0.5) is 0 Å². The van der Waals surface area contributed by atoms with E-state index in [9.17, 15) is 0 Å². The quantitative estimate of drug-likeness (QED) is 0.832. The van der Waals surface area contributed by atoms with Crippen molar-refractivity contribution in [3.05, 3.63) is 35.5 Å². The highest BCUT2D eigenvalue weighted by molar-refractivity contribution is 7.98. The monoisotopic (exact) mass is 220 g/mol. The number of nitrogens with one attached hydrogen (secondary N) is 1. The molecule has 0 saturated heterocycles. The van der Waals surface area contributed by atoms with Crippen LogP contribution >= 0.6 is 11.8 Å². The van der Waals surface area contributed by atoms with Gasteiger partial charge in [0.1, 0.15) is 0 Å². The summed E-state index contributed by atoms with van der Waals surface area (Å²) >= 11 is 1.94. The summed E-state index contributed by atoms with van der Waals surface area (Å²) in [4.78, 5) is 3.30. The highest BCUT2D eigenvalue weighted by Gasteiger charge is 2.06. The molecule has 2 aromatic rings. The van der Waals surface area contributed by atoms with Gasteiger partial charge in [-0.25, -0.2) is 0 Å². The fraction of sp³-hybridized carbons (Fsp3) is 0.333. The SMILES string of the molecule is CCSCc1c[nH]c2cccc(CN)c12. The van der Waals surface area contributed by atoms with Crippen molar-refractivity contribution >= 4 is 22.7 Å². The lowest BCUT2D eigenvalue weighted by Crippen LogP contribution is -1.97. The summed E-state index contributed by atoms with van der Waals surface area (Å²) in [5, 5.41) is 1.32. The standard InChI is InChI=1S/C12H16N2S/c1-2-15-8-10-7-14-11-5-3-4-9(6-13)12(10)11/h3-5,7,14H,2,6,8,13H2,1H3. The first-order chi connectivity index (χ1) is 7.36. The van der Waals surface area contributed by atoms with Crippen LogP contribution in [0.25, 0.3) is 10.9 Å². The molecule has 0 bridgehead atoms. The fourth-order valence-corrected chi connectivity index (χ4v) is 2.48. The Kier molecular flexibility index (Phi) is 3.34. The van der Waals surface area contributed by atoms with Crippen molar-refractivity contribution in [1.82, 2.24) is 4.98 Å². The van der Waals surface area contributed by atoms with Crippen molar-refractivity contribution in [1.29, 1.82) is 0 Å². The van der Waals surface area contributed by atoms with Gasteiger partial charge in [-0.1, -0.05) is 19.1 Å². The zero-order valence-corrected chi connectivity index (χ0v) is 9.73. The van der Waals surface area contributed by atoms with Crippen LogP contribution in [0.5, 0.6) is 0 Å². The summed E-state index contributed by atoms with van der Waals surface area (Å²) in [5.74, 6) is 2.21. The maximum Gasteiger partial charge on any atom is 0.0460 e. The first kappa shape index (κ1) is 10.6. The Hall–Kier alpha value is -0.930. The number of benzene rings is 1. The predicted molar refractivity (Wildman–Crippen MR) is 68.0 cm³/mol. The van der Waals surface area contributed by atoms with Crippen LogP contribution in [0.2, 0.25) is 0 Å². The Morgan fingerprint density at radius 3 is 2.93 bits per heavy atom. The molecule has 0 aliphatic rings. The average Bonchev–Trinajstić information content (AvgIpc) is 2.69. The average molecular weight is 220 g/mol. The topological polar surface area (TPSA) is 41.8 Å². The smallest absolute Gasteiger partial charge is 0.0460 e. The van der Waals surface area contributed by atoms with Gasteiger partial charge in [0, 0.05) is 29.4 Å². The van der Waals surface area contributed by atoms with Gasteiger partial charge in [0.25, 0.3) is 0 Å². The molecule has 0 aliphatic carbocycles. The van der Waals surface area contributed by atoms with Crippen LogP contribution in [0.1, 0.15) is 18.1 Å². The van der Waals surface area contributed by atoms with Gasteiger partial charge in [-0.15, -0.1) is 0 Å². The minimum atomic E-state index is 0.610. The second-order valence-electron chi connectivity index (χ2n) is 3.49. The molecule has 0 spiro atoms. The number of aromatic amines is 1. The molecular formula is C12H16N2S. The van der Waals surface area contributed by atoms with Gasteiger partial charge in [0.2, 0.25) is 0 Å². The van der Waals surface area contributed by atoms with Gasteiger partial charge in [-0.3, -0.25) is 0 Å². The Bertz CT molecular complexity index is 448. The van der Waals surface area contributed by atoms with Crippen LogP contribution in [0.3, 0.4) is 0 Å². The van der Waals surface area contributed by atoms with E-state index in [0.29, 0.717) is 6.54 Å². The Morgan fingerprint density at radius 2 is 2.20 bits per heavy atom. The van der Waals surface area contributed by atoms with Gasteiger partial charge >= 0.3 is 0 Å². The van der Waals surface area contributed by atoms with Crippen molar-refractivity contribution in [2.75, 3.05) is 5.75 Å². The van der Waals surface area contributed by atoms with Gasteiger partial charge < -0.3 is 10.7 Å². The number of hydrogen-bond acceptors (Lipinski definition) is 2. The number of rotatable bonds is 4. The summed E-state index contributed by atoms with van der Waals surface area (Å²) in [5.41, 5.74) is 9.56. The van der Waals surface area contributed by atoms with Gasteiger partial charge in [0.05, 0.1) is 0 Å². The van der Waals surface area contributed by atoms with E-state index in [1.54, 1.807) is 0 Å². The lowest BCUT2D eigenvalue weighted by Gasteiger charge is -2.03. The third-order valence-corrected chi connectivity index (χ3v) is 3.48. The Balaban J connectivity index is 2.46. The maximum absolute atomic E-state index is 5.75. The van der Waals surface area contributed by atoms with E-state index in [2.05, 4.69) is 36.3 Å². The lowest BCUT2D eigenvalue weighted by molar-refractivity contribution is 1.08. The molecule has 3 heteroatoms. The molecule has 3 N–H and O–H groups in total.